The molecule has 1 aromatic carbocycles. The third-order valence-corrected chi connectivity index (χ3v) is 3.37. The molecule has 2 atom stereocenters. The molecular weight excluding hydrogens is 308 g/mol. The normalized spacial score (nSPS) is 14.5. The van der Waals surface area contributed by atoms with Crippen LogP contribution >= 0.6 is 0 Å². The standard InChI is InChI=1S/C19H26O5/c1-4-23-18(21)13-14(2)5-6-15(3)19(22)16-7-9-17(10-8-16)24-12-11-20/h5-10,13,15,19-20,22H,4,11-12H2,1-3H3/b6-5+,14-13+/t15-,19+/m1/s1. The number of aliphatic hydroxyl groups excluding tert-OH is 2. The monoisotopic (exact) mass is 334 g/mol. The van der Waals surface area contributed by atoms with E-state index in [1.807, 2.05) is 13.0 Å². The summed E-state index contributed by atoms with van der Waals surface area (Å²) in [6, 6.07) is 7.11. The van der Waals surface area contributed by atoms with Gasteiger partial charge in [0.15, 0.2) is 0 Å². The van der Waals surface area contributed by atoms with E-state index in [9.17, 15) is 9.90 Å². The molecule has 1 aromatic rings. The molecule has 132 valence electrons. The van der Waals surface area contributed by atoms with Gasteiger partial charge < -0.3 is 19.7 Å². The fourth-order valence-electron chi connectivity index (χ4n) is 2.06. The number of esters is 1. The lowest BCUT2D eigenvalue weighted by Gasteiger charge is -2.16. The number of rotatable bonds is 9. The van der Waals surface area contributed by atoms with Gasteiger partial charge in [-0.2, -0.15) is 0 Å². The zero-order chi connectivity index (χ0) is 17.9. The second-order valence-corrected chi connectivity index (χ2v) is 5.44. The molecule has 0 fully saturated rings. The summed E-state index contributed by atoms with van der Waals surface area (Å²) < 4.78 is 10.1. The van der Waals surface area contributed by atoms with Crippen molar-refractivity contribution in [3.05, 3.63) is 53.6 Å². The highest BCUT2D eigenvalue weighted by Crippen LogP contribution is 2.25. The predicted molar refractivity (Wildman–Crippen MR) is 92.7 cm³/mol. The van der Waals surface area contributed by atoms with Crippen molar-refractivity contribution < 1.29 is 24.5 Å². The molecule has 0 unspecified atom stereocenters. The Morgan fingerprint density at radius 2 is 1.96 bits per heavy atom. The number of carbonyl (C=O) groups is 1. The summed E-state index contributed by atoms with van der Waals surface area (Å²) in [6.07, 6.45) is 4.41. The molecule has 0 amide bonds. The Hall–Kier alpha value is -2.11. The van der Waals surface area contributed by atoms with Crippen molar-refractivity contribution in [3.63, 3.8) is 0 Å². The Balaban J connectivity index is 2.64. The van der Waals surface area contributed by atoms with Gasteiger partial charge in [0.1, 0.15) is 12.4 Å². The van der Waals surface area contributed by atoms with Crippen molar-refractivity contribution >= 4 is 5.97 Å². The summed E-state index contributed by atoms with van der Waals surface area (Å²) in [4.78, 5) is 11.4. The number of benzene rings is 1. The van der Waals surface area contributed by atoms with Crippen LogP contribution in [0.2, 0.25) is 0 Å². The van der Waals surface area contributed by atoms with Crippen LogP contribution in [-0.2, 0) is 9.53 Å². The summed E-state index contributed by atoms with van der Waals surface area (Å²) in [5.41, 5.74) is 1.54. The van der Waals surface area contributed by atoms with Gasteiger partial charge in [0.05, 0.1) is 19.3 Å². The molecule has 0 radical (unpaired) electrons. The molecular formula is C19H26O5. The second-order valence-electron chi connectivity index (χ2n) is 5.44. The number of hydrogen-bond acceptors (Lipinski definition) is 5. The van der Waals surface area contributed by atoms with Crippen LogP contribution in [0.1, 0.15) is 32.4 Å². The molecule has 0 aromatic heterocycles. The van der Waals surface area contributed by atoms with Gasteiger partial charge in [-0.15, -0.1) is 0 Å². The molecule has 5 heteroatoms. The highest BCUT2D eigenvalue weighted by atomic mass is 16.5. The van der Waals surface area contributed by atoms with Crippen molar-refractivity contribution in [2.75, 3.05) is 19.8 Å². The van der Waals surface area contributed by atoms with E-state index in [1.165, 1.54) is 6.08 Å². The van der Waals surface area contributed by atoms with E-state index in [2.05, 4.69) is 0 Å². The van der Waals surface area contributed by atoms with Crippen molar-refractivity contribution in [3.8, 4) is 5.75 Å². The molecule has 0 bridgehead atoms. The Labute approximate surface area is 143 Å². The topological polar surface area (TPSA) is 76.0 Å². The Morgan fingerprint density at radius 1 is 1.29 bits per heavy atom. The van der Waals surface area contributed by atoms with Crippen LogP contribution < -0.4 is 4.74 Å². The summed E-state index contributed by atoms with van der Waals surface area (Å²) in [6.45, 7) is 6.02. The lowest BCUT2D eigenvalue weighted by Crippen LogP contribution is -2.07. The van der Waals surface area contributed by atoms with E-state index < -0.39 is 6.10 Å². The second kappa shape index (κ2) is 10.6. The van der Waals surface area contributed by atoms with E-state index >= 15 is 0 Å². The average Bonchev–Trinajstić information content (AvgIpc) is 2.57. The molecule has 0 heterocycles. The first-order chi connectivity index (χ1) is 11.5. The van der Waals surface area contributed by atoms with Gasteiger partial charge in [-0.25, -0.2) is 4.79 Å². The van der Waals surface area contributed by atoms with Crippen LogP contribution in [0.25, 0.3) is 0 Å². The smallest absolute Gasteiger partial charge is 0.330 e. The molecule has 0 aliphatic heterocycles. The van der Waals surface area contributed by atoms with E-state index in [0.29, 0.717) is 12.4 Å². The molecule has 0 aliphatic rings. The third-order valence-electron chi connectivity index (χ3n) is 3.37. The van der Waals surface area contributed by atoms with Gasteiger partial charge in [0, 0.05) is 12.0 Å². The average molecular weight is 334 g/mol. The summed E-state index contributed by atoms with van der Waals surface area (Å²) in [5, 5.41) is 19.1. The summed E-state index contributed by atoms with van der Waals surface area (Å²) in [7, 11) is 0. The zero-order valence-electron chi connectivity index (χ0n) is 14.4. The van der Waals surface area contributed by atoms with E-state index in [0.717, 1.165) is 11.1 Å². The number of hydrogen-bond donors (Lipinski definition) is 2. The minimum absolute atomic E-state index is 0.0368. The highest BCUT2D eigenvalue weighted by Gasteiger charge is 2.13. The van der Waals surface area contributed by atoms with Crippen molar-refractivity contribution in [2.24, 2.45) is 5.92 Å². The van der Waals surface area contributed by atoms with E-state index in [1.54, 1.807) is 44.2 Å². The van der Waals surface area contributed by atoms with Gasteiger partial charge in [-0.1, -0.05) is 31.2 Å². The fraction of sp³-hybridized carbons (Fsp3) is 0.421. The molecule has 0 aliphatic carbocycles. The maximum Gasteiger partial charge on any atom is 0.330 e. The number of ether oxygens (including phenoxy) is 2. The van der Waals surface area contributed by atoms with E-state index in [4.69, 9.17) is 14.6 Å². The maximum absolute atomic E-state index is 11.4. The van der Waals surface area contributed by atoms with Crippen LogP contribution in [0.3, 0.4) is 0 Å². The quantitative estimate of drug-likeness (QED) is 0.412. The van der Waals surface area contributed by atoms with Crippen LogP contribution in [0, 0.1) is 5.92 Å². The fourth-order valence-corrected chi connectivity index (χ4v) is 2.06. The summed E-state index contributed by atoms with van der Waals surface area (Å²) in [5.74, 6) is 0.155. The lowest BCUT2D eigenvalue weighted by molar-refractivity contribution is -0.137. The van der Waals surface area contributed by atoms with Gasteiger partial charge in [-0.05, 0) is 37.1 Å². The molecule has 24 heavy (non-hydrogen) atoms. The largest absolute Gasteiger partial charge is 0.491 e. The molecule has 2 N–H and O–H groups in total. The predicted octanol–water partition coefficient (Wildman–Crippen LogP) is 2.79. The third kappa shape index (κ3) is 6.98. The van der Waals surface area contributed by atoms with Gasteiger partial charge >= 0.3 is 5.97 Å². The van der Waals surface area contributed by atoms with Crippen molar-refractivity contribution in [1.82, 2.24) is 0 Å². The van der Waals surface area contributed by atoms with Gasteiger partial charge in [-0.3, -0.25) is 0 Å². The van der Waals surface area contributed by atoms with Crippen LogP contribution in [-0.4, -0.2) is 36.0 Å². The first-order valence-corrected chi connectivity index (χ1v) is 8.02. The maximum atomic E-state index is 11.4. The minimum atomic E-state index is -0.663. The van der Waals surface area contributed by atoms with E-state index in [-0.39, 0.29) is 25.1 Å². The van der Waals surface area contributed by atoms with Crippen LogP contribution in [0.15, 0.2) is 48.1 Å². The molecule has 0 spiro atoms. The molecule has 0 saturated heterocycles. The number of allylic oxidation sites excluding steroid dienone is 2. The Morgan fingerprint density at radius 3 is 2.54 bits per heavy atom. The SMILES string of the molecule is CCOC(=O)/C=C(C)/C=C/[C@@H](C)[C@H](O)c1ccc(OCCO)cc1. The molecule has 0 saturated carbocycles. The first-order valence-electron chi connectivity index (χ1n) is 8.02. The van der Waals surface area contributed by atoms with Crippen molar-refractivity contribution in [2.45, 2.75) is 26.9 Å². The Kier molecular flexibility index (Phi) is 8.83. The van der Waals surface area contributed by atoms with Crippen LogP contribution in [0.4, 0.5) is 0 Å². The minimum Gasteiger partial charge on any atom is -0.491 e. The van der Waals surface area contributed by atoms with Gasteiger partial charge in [0.2, 0.25) is 0 Å². The first kappa shape index (κ1) is 19.9. The van der Waals surface area contributed by atoms with Crippen LogP contribution in [0.5, 0.6) is 5.75 Å². The molecule has 1 rings (SSSR count). The Bertz CT molecular complexity index is 560. The highest BCUT2D eigenvalue weighted by molar-refractivity contribution is 5.83. The number of carbonyl (C=O) groups excluding carboxylic acids is 1. The zero-order valence-corrected chi connectivity index (χ0v) is 14.4. The number of aliphatic hydroxyl groups is 2. The molecule has 5 nitrogen and oxygen atoms in total. The van der Waals surface area contributed by atoms with Gasteiger partial charge in [0.25, 0.3) is 0 Å². The van der Waals surface area contributed by atoms with Crippen molar-refractivity contribution in [1.29, 1.82) is 0 Å². The summed E-state index contributed by atoms with van der Waals surface area (Å²) >= 11 is 0. The lowest BCUT2D eigenvalue weighted by atomic mass is 9.96.